The largest absolute Gasteiger partial charge is 0.454 e. The van der Waals surface area contributed by atoms with Gasteiger partial charge >= 0.3 is 0 Å². The lowest BCUT2D eigenvalue weighted by Crippen LogP contribution is -2.33. The molecule has 0 spiro atoms. The molecule has 1 aromatic carbocycles. The summed E-state index contributed by atoms with van der Waals surface area (Å²) in [6.07, 6.45) is 1.68. The smallest absolute Gasteiger partial charge is 0.270 e. The maximum atomic E-state index is 13.9. The molecule has 0 bridgehead atoms. The van der Waals surface area contributed by atoms with Crippen LogP contribution in [0.2, 0.25) is 0 Å². The summed E-state index contributed by atoms with van der Waals surface area (Å²) in [6, 6.07) is 2.93. The van der Waals surface area contributed by atoms with Gasteiger partial charge in [0.1, 0.15) is 0 Å². The summed E-state index contributed by atoms with van der Waals surface area (Å²) in [5.74, 6) is -1.99. The van der Waals surface area contributed by atoms with Crippen molar-refractivity contribution < 1.29 is 18.3 Å². The lowest BCUT2D eigenvalue weighted by atomic mass is 9.84. The number of alkyl halides is 2. The molecule has 0 saturated heterocycles. The highest BCUT2D eigenvalue weighted by Gasteiger charge is 2.51. The van der Waals surface area contributed by atoms with Gasteiger partial charge in [0.15, 0.2) is 11.5 Å². The van der Waals surface area contributed by atoms with E-state index in [2.05, 4.69) is 0 Å². The molecular formula is C14H17F2NO2. The Bertz CT molecular complexity index is 519. The van der Waals surface area contributed by atoms with Gasteiger partial charge in [0.25, 0.3) is 5.92 Å². The third kappa shape index (κ3) is 1.87. The van der Waals surface area contributed by atoms with E-state index in [-0.39, 0.29) is 23.8 Å². The van der Waals surface area contributed by atoms with Gasteiger partial charge in [-0.1, -0.05) is 0 Å². The van der Waals surface area contributed by atoms with Gasteiger partial charge in [-0.2, -0.15) is 0 Å². The van der Waals surface area contributed by atoms with Crippen LogP contribution in [0.25, 0.3) is 0 Å². The SMILES string of the molecule is CC(N)C1(c2cc3c(cc2C(C)(F)F)OCO3)CC1. The Labute approximate surface area is 110 Å². The summed E-state index contributed by atoms with van der Waals surface area (Å²) in [7, 11) is 0. The molecule has 0 aromatic heterocycles. The summed E-state index contributed by atoms with van der Waals surface area (Å²) < 4.78 is 38.2. The maximum Gasteiger partial charge on any atom is 0.270 e. The molecule has 3 rings (SSSR count). The Morgan fingerprint density at radius 3 is 2.32 bits per heavy atom. The summed E-state index contributed by atoms with van der Waals surface area (Å²) in [4.78, 5) is 0. The minimum atomic E-state index is -2.92. The fraction of sp³-hybridized carbons (Fsp3) is 0.571. The number of hydrogen-bond acceptors (Lipinski definition) is 3. The van der Waals surface area contributed by atoms with E-state index >= 15 is 0 Å². The molecule has 1 atom stereocenters. The molecule has 0 amide bonds. The lowest BCUT2D eigenvalue weighted by Gasteiger charge is -2.26. The van der Waals surface area contributed by atoms with E-state index in [1.807, 2.05) is 6.92 Å². The van der Waals surface area contributed by atoms with Crippen LogP contribution in [0.1, 0.15) is 37.8 Å². The van der Waals surface area contributed by atoms with Gasteiger partial charge < -0.3 is 15.2 Å². The van der Waals surface area contributed by atoms with Gasteiger partial charge in [0.05, 0.1) is 0 Å². The van der Waals surface area contributed by atoms with Crippen LogP contribution >= 0.6 is 0 Å². The van der Waals surface area contributed by atoms with Crippen molar-refractivity contribution in [2.45, 2.75) is 44.1 Å². The number of nitrogens with two attached hydrogens (primary N) is 1. The molecule has 2 N–H and O–H groups in total. The number of hydrogen-bond donors (Lipinski definition) is 1. The van der Waals surface area contributed by atoms with Crippen molar-refractivity contribution in [3.8, 4) is 11.5 Å². The van der Waals surface area contributed by atoms with Crippen LogP contribution in [0.5, 0.6) is 11.5 Å². The molecule has 1 aliphatic carbocycles. The highest BCUT2D eigenvalue weighted by atomic mass is 19.3. The van der Waals surface area contributed by atoms with Crippen LogP contribution in [0, 0.1) is 0 Å². The molecule has 1 aliphatic heterocycles. The van der Waals surface area contributed by atoms with Gasteiger partial charge in [-0.05, 0) is 37.5 Å². The minimum Gasteiger partial charge on any atom is -0.454 e. The molecular weight excluding hydrogens is 252 g/mol. The second-order valence-electron chi connectivity index (χ2n) is 5.58. The van der Waals surface area contributed by atoms with Crippen molar-refractivity contribution in [1.82, 2.24) is 0 Å². The van der Waals surface area contributed by atoms with Crippen molar-refractivity contribution in [3.63, 3.8) is 0 Å². The second kappa shape index (κ2) is 3.82. The van der Waals surface area contributed by atoms with E-state index < -0.39 is 5.92 Å². The average molecular weight is 269 g/mol. The lowest BCUT2D eigenvalue weighted by molar-refractivity contribution is 0.0157. The fourth-order valence-electron chi connectivity index (χ4n) is 2.82. The number of benzene rings is 1. The molecule has 0 radical (unpaired) electrons. The number of halogens is 2. The van der Waals surface area contributed by atoms with Gasteiger partial charge in [0.2, 0.25) is 6.79 Å². The summed E-state index contributed by atoms with van der Waals surface area (Å²) in [5, 5.41) is 0. The molecule has 1 fully saturated rings. The predicted molar refractivity (Wildman–Crippen MR) is 66.7 cm³/mol. The molecule has 5 heteroatoms. The van der Waals surface area contributed by atoms with Crippen LogP contribution in [0.15, 0.2) is 12.1 Å². The van der Waals surface area contributed by atoms with Crippen LogP contribution in [-0.2, 0) is 11.3 Å². The van der Waals surface area contributed by atoms with Crippen molar-refractivity contribution in [2.75, 3.05) is 6.79 Å². The third-order valence-electron chi connectivity index (χ3n) is 4.18. The normalized spacial score (nSPS) is 21.3. The molecule has 3 nitrogen and oxygen atoms in total. The predicted octanol–water partition coefficient (Wildman–Crippen LogP) is 2.91. The molecule has 1 heterocycles. The van der Waals surface area contributed by atoms with E-state index in [0.29, 0.717) is 17.1 Å². The van der Waals surface area contributed by atoms with Crippen molar-refractivity contribution >= 4 is 0 Å². The first-order chi connectivity index (χ1) is 8.84. The Hall–Kier alpha value is -1.36. The molecule has 1 saturated carbocycles. The first kappa shape index (κ1) is 12.7. The first-order valence-electron chi connectivity index (χ1n) is 6.42. The minimum absolute atomic E-state index is 0.00606. The Balaban J connectivity index is 2.17. The van der Waals surface area contributed by atoms with Gasteiger partial charge in [-0.25, -0.2) is 8.78 Å². The third-order valence-corrected chi connectivity index (χ3v) is 4.18. The van der Waals surface area contributed by atoms with Crippen molar-refractivity contribution in [3.05, 3.63) is 23.3 Å². The molecule has 1 aromatic rings. The van der Waals surface area contributed by atoms with Gasteiger partial charge in [-0.15, -0.1) is 0 Å². The Kier molecular flexibility index (Phi) is 2.55. The highest BCUT2D eigenvalue weighted by molar-refractivity contribution is 5.54. The van der Waals surface area contributed by atoms with Crippen molar-refractivity contribution in [2.24, 2.45) is 5.73 Å². The average Bonchev–Trinajstić information content (AvgIpc) is 3.00. The molecule has 2 aliphatic rings. The zero-order valence-electron chi connectivity index (χ0n) is 11.0. The monoisotopic (exact) mass is 269 g/mol. The topological polar surface area (TPSA) is 44.5 Å². The molecule has 19 heavy (non-hydrogen) atoms. The van der Waals surface area contributed by atoms with E-state index in [0.717, 1.165) is 19.8 Å². The van der Waals surface area contributed by atoms with Crippen LogP contribution in [-0.4, -0.2) is 12.8 Å². The first-order valence-corrected chi connectivity index (χ1v) is 6.42. The fourth-order valence-corrected chi connectivity index (χ4v) is 2.82. The van der Waals surface area contributed by atoms with Crippen LogP contribution in [0.4, 0.5) is 8.78 Å². The van der Waals surface area contributed by atoms with E-state index in [1.54, 1.807) is 6.07 Å². The zero-order chi connectivity index (χ0) is 13.8. The van der Waals surface area contributed by atoms with Gasteiger partial charge in [0, 0.05) is 23.9 Å². The number of rotatable bonds is 3. The quantitative estimate of drug-likeness (QED) is 0.917. The number of fused-ring (bicyclic) bond motifs is 1. The summed E-state index contributed by atoms with van der Waals surface area (Å²) >= 11 is 0. The Morgan fingerprint density at radius 2 is 1.84 bits per heavy atom. The van der Waals surface area contributed by atoms with Crippen molar-refractivity contribution in [1.29, 1.82) is 0 Å². The summed E-state index contributed by atoms with van der Waals surface area (Å²) in [5.41, 5.74) is 6.28. The summed E-state index contributed by atoms with van der Waals surface area (Å²) in [6.45, 7) is 2.86. The van der Waals surface area contributed by atoms with Crippen LogP contribution in [0.3, 0.4) is 0 Å². The highest BCUT2D eigenvalue weighted by Crippen LogP contribution is 2.55. The number of ether oxygens (including phenoxy) is 2. The van der Waals surface area contributed by atoms with Crippen LogP contribution < -0.4 is 15.2 Å². The maximum absolute atomic E-state index is 13.9. The second-order valence-corrected chi connectivity index (χ2v) is 5.58. The van der Waals surface area contributed by atoms with E-state index in [1.165, 1.54) is 6.07 Å². The standard InChI is InChI=1S/C14H17F2NO2/c1-8(17)14(3-4-14)10-6-12-11(18-7-19-12)5-9(10)13(2,15)16/h5-6,8H,3-4,7,17H2,1-2H3. The zero-order valence-corrected chi connectivity index (χ0v) is 11.0. The molecule has 104 valence electrons. The molecule has 1 unspecified atom stereocenters. The Morgan fingerprint density at radius 1 is 1.26 bits per heavy atom. The van der Waals surface area contributed by atoms with Gasteiger partial charge in [-0.3, -0.25) is 0 Å². The van der Waals surface area contributed by atoms with E-state index in [9.17, 15) is 8.78 Å². The van der Waals surface area contributed by atoms with E-state index in [4.69, 9.17) is 15.2 Å².